The van der Waals surface area contributed by atoms with Gasteiger partial charge in [-0.15, -0.1) is 0 Å². The molecule has 5 nitrogen and oxygen atoms in total. The lowest BCUT2D eigenvalue weighted by molar-refractivity contribution is -0.138. The maximum absolute atomic E-state index is 16.5. The van der Waals surface area contributed by atoms with E-state index in [4.69, 9.17) is 0 Å². The molecule has 58 heavy (non-hydrogen) atoms. The number of rotatable bonds is 10. The first kappa shape index (κ1) is 39.6. The fourth-order valence-corrected chi connectivity index (χ4v) is 10.5. The van der Waals surface area contributed by atoms with Gasteiger partial charge in [0.1, 0.15) is 0 Å². The van der Waals surface area contributed by atoms with Crippen molar-refractivity contribution in [1.29, 1.82) is 0 Å². The normalized spacial score (nSPS) is 27.4. The number of carbonyl (C=O) groups excluding carboxylic acids is 3. The van der Waals surface area contributed by atoms with E-state index in [1.165, 1.54) is 0 Å². The van der Waals surface area contributed by atoms with E-state index >= 15 is 4.79 Å². The molecule has 2 fully saturated rings. The number of allylic oxidation sites excluding steroid dienone is 8. The molecule has 0 radical (unpaired) electrons. The summed E-state index contributed by atoms with van der Waals surface area (Å²) >= 11 is 0. The Kier molecular flexibility index (Phi) is 11.3. The number of hydrogen-bond acceptors (Lipinski definition) is 5. The second-order valence-corrected chi connectivity index (χ2v) is 17.6. The Bertz CT molecular complexity index is 2160. The predicted octanol–water partition coefficient (Wildman–Crippen LogP) is 10.2. The van der Waals surface area contributed by atoms with E-state index in [1.54, 1.807) is 0 Å². The molecule has 6 unspecified atom stereocenters. The van der Waals surface area contributed by atoms with Gasteiger partial charge in [-0.2, -0.15) is 0 Å². The molecule has 0 aromatic heterocycles. The summed E-state index contributed by atoms with van der Waals surface area (Å²) in [5.41, 5.74) is 6.12. The maximum atomic E-state index is 16.5. The molecule has 0 spiro atoms. The molecule has 5 heteroatoms. The lowest BCUT2D eigenvalue weighted by Gasteiger charge is -2.50. The van der Waals surface area contributed by atoms with E-state index in [9.17, 15) is 9.59 Å². The largest absolute Gasteiger partial charge is 0.316 e. The minimum atomic E-state index is -1.07. The maximum Gasteiger partial charge on any atom is 0.193 e. The van der Waals surface area contributed by atoms with Crippen LogP contribution in [0.2, 0.25) is 0 Å². The van der Waals surface area contributed by atoms with Crippen LogP contribution >= 0.6 is 0 Å². The van der Waals surface area contributed by atoms with E-state index in [1.807, 2.05) is 72.8 Å². The lowest BCUT2D eigenvalue weighted by atomic mass is 9.52. The van der Waals surface area contributed by atoms with Crippen LogP contribution in [0.1, 0.15) is 82.5 Å². The van der Waals surface area contributed by atoms with Crippen molar-refractivity contribution >= 4 is 28.5 Å². The van der Waals surface area contributed by atoms with Gasteiger partial charge >= 0.3 is 0 Å². The molecule has 4 aliphatic rings. The van der Waals surface area contributed by atoms with Crippen LogP contribution in [-0.4, -0.2) is 43.5 Å². The average Bonchev–Trinajstić information content (AvgIpc) is 3.26. The number of carbonyl (C=O) groups is 3. The van der Waals surface area contributed by atoms with Gasteiger partial charge in [-0.3, -0.25) is 14.4 Å². The lowest BCUT2D eigenvalue weighted by Crippen LogP contribution is -2.53. The van der Waals surface area contributed by atoms with Gasteiger partial charge in [-0.25, -0.2) is 0 Å². The van der Waals surface area contributed by atoms with Gasteiger partial charge in [0.15, 0.2) is 17.3 Å². The van der Waals surface area contributed by atoms with Crippen molar-refractivity contribution in [3.05, 3.63) is 178 Å². The third-order valence-corrected chi connectivity index (χ3v) is 13.4. The molecule has 2 aliphatic carbocycles. The first-order chi connectivity index (χ1) is 28.1. The highest BCUT2D eigenvalue weighted by atomic mass is 16.1. The molecule has 4 aromatic carbocycles. The summed E-state index contributed by atoms with van der Waals surface area (Å²) in [4.78, 5) is 46.2. The third-order valence-electron chi connectivity index (χ3n) is 13.4. The molecule has 296 valence electrons. The SMILES string of the molecule is Cc1cccc(C2=CC(C3CCCNC3)C(C)(C(=O)C3(C)C=C(C(=O)c4ccccc4)C(c4cccc(C)c4)=CC3C3CCCNC3)C=C2C(=O)c2ccccc2)c1. The fraction of sp³-hybridized carbons (Fsp3) is 0.340. The van der Waals surface area contributed by atoms with Gasteiger partial charge in [0.05, 0.1) is 10.8 Å². The number of ketones is 3. The van der Waals surface area contributed by atoms with Crippen molar-refractivity contribution in [3.8, 4) is 0 Å². The van der Waals surface area contributed by atoms with Crippen LogP contribution in [0, 0.1) is 48.3 Å². The summed E-state index contributed by atoms with van der Waals surface area (Å²) in [7, 11) is 0. The van der Waals surface area contributed by atoms with E-state index in [0.29, 0.717) is 22.3 Å². The van der Waals surface area contributed by atoms with Crippen LogP contribution in [-0.2, 0) is 4.79 Å². The van der Waals surface area contributed by atoms with Gasteiger partial charge in [-0.05, 0) is 126 Å². The summed E-state index contributed by atoms with van der Waals surface area (Å²) in [6.45, 7) is 11.8. The molecule has 2 saturated heterocycles. The van der Waals surface area contributed by atoms with Crippen molar-refractivity contribution in [2.45, 2.75) is 53.4 Å². The average molecular weight is 769 g/mol. The minimum absolute atomic E-state index is 0.0574. The van der Waals surface area contributed by atoms with Crippen LogP contribution in [0.3, 0.4) is 0 Å². The smallest absolute Gasteiger partial charge is 0.193 e. The zero-order valence-electron chi connectivity index (χ0n) is 34.4. The fourth-order valence-electron chi connectivity index (χ4n) is 10.5. The Morgan fingerprint density at radius 1 is 0.552 bits per heavy atom. The number of aryl methyl sites for hydroxylation is 2. The van der Waals surface area contributed by atoms with Gasteiger partial charge in [0.25, 0.3) is 0 Å². The highest BCUT2D eigenvalue weighted by Gasteiger charge is 2.55. The molecule has 8 rings (SSSR count). The molecule has 6 atom stereocenters. The summed E-state index contributed by atoms with van der Waals surface area (Å²) in [6, 6.07) is 35.6. The molecule has 4 aromatic rings. The monoisotopic (exact) mass is 768 g/mol. The number of nitrogens with one attached hydrogen (secondary N) is 2. The van der Waals surface area contributed by atoms with Gasteiger partial charge < -0.3 is 10.6 Å². The summed E-state index contributed by atoms with van der Waals surface area (Å²) in [5, 5.41) is 7.30. The Balaban J connectivity index is 1.35. The Labute approximate surface area is 344 Å². The Morgan fingerprint density at radius 2 is 0.966 bits per heavy atom. The van der Waals surface area contributed by atoms with Crippen molar-refractivity contribution in [2.75, 3.05) is 26.2 Å². The second-order valence-electron chi connectivity index (χ2n) is 17.6. The predicted molar refractivity (Wildman–Crippen MR) is 235 cm³/mol. The van der Waals surface area contributed by atoms with E-state index < -0.39 is 10.8 Å². The zero-order chi connectivity index (χ0) is 40.4. The standard InChI is InChI=1S/C53H56N2O3/c1-35-15-11-21-39(27-35)43-29-47(41-23-13-25-54-33-41)52(3,31-45(43)49(56)37-17-7-5-8-18-37)51(58)53(4)32-46(50(57)38-19-9-6-10-20-38)44(40-22-12-16-36(2)28-40)30-48(53)42-24-14-26-55-34-42/h5-12,15-22,27-32,41-42,47-48,54-55H,13-14,23-26,33-34H2,1-4H3. The molecule has 2 heterocycles. The zero-order valence-corrected chi connectivity index (χ0v) is 34.4. The summed E-state index contributed by atoms with van der Waals surface area (Å²) < 4.78 is 0. The van der Waals surface area contributed by atoms with Crippen LogP contribution in [0.15, 0.2) is 145 Å². The van der Waals surface area contributed by atoms with Crippen LogP contribution in [0.4, 0.5) is 0 Å². The van der Waals surface area contributed by atoms with E-state index in [0.717, 1.165) is 85.3 Å². The molecule has 0 amide bonds. The second kappa shape index (κ2) is 16.6. The van der Waals surface area contributed by atoms with Crippen molar-refractivity contribution < 1.29 is 14.4 Å². The highest BCUT2D eigenvalue weighted by molar-refractivity contribution is 6.21. The van der Waals surface area contributed by atoms with Crippen LogP contribution in [0.25, 0.3) is 11.1 Å². The van der Waals surface area contributed by atoms with Gasteiger partial charge in [0.2, 0.25) is 0 Å². The molecule has 0 bridgehead atoms. The number of hydrogen-bond donors (Lipinski definition) is 2. The molecule has 2 N–H and O–H groups in total. The van der Waals surface area contributed by atoms with Gasteiger partial charge in [0, 0.05) is 22.3 Å². The minimum Gasteiger partial charge on any atom is -0.316 e. The van der Waals surface area contributed by atoms with Crippen molar-refractivity contribution in [1.82, 2.24) is 10.6 Å². The summed E-state index contributed by atoms with van der Waals surface area (Å²) in [5.74, 6) is -0.174. The quantitative estimate of drug-likeness (QED) is 0.157. The topological polar surface area (TPSA) is 75.3 Å². The number of Topliss-reactive ketones (excluding diaryl/α,β-unsaturated/α-hetero) is 3. The summed E-state index contributed by atoms with van der Waals surface area (Å²) in [6.07, 6.45) is 12.6. The van der Waals surface area contributed by atoms with Crippen LogP contribution < -0.4 is 10.6 Å². The third kappa shape index (κ3) is 7.58. The first-order valence-electron chi connectivity index (χ1n) is 21.3. The molecule has 2 aliphatic heterocycles. The van der Waals surface area contributed by atoms with Crippen molar-refractivity contribution in [2.24, 2.45) is 34.5 Å². The molecular weight excluding hydrogens is 713 g/mol. The van der Waals surface area contributed by atoms with Crippen LogP contribution in [0.5, 0.6) is 0 Å². The Morgan fingerprint density at radius 3 is 1.33 bits per heavy atom. The van der Waals surface area contributed by atoms with Gasteiger partial charge in [-0.1, -0.05) is 145 Å². The van der Waals surface area contributed by atoms with E-state index in [2.05, 4.69) is 99.0 Å². The van der Waals surface area contributed by atoms with E-state index in [-0.39, 0.29) is 41.0 Å². The molecular formula is C53H56N2O3. The first-order valence-corrected chi connectivity index (χ1v) is 21.3. The number of benzene rings is 4. The number of piperidine rings is 2. The Hall–Kier alpha value is -5.23. The molecule has 0 saturated carbocycles. The highest BCUT2D eigenvalue weighted by Crippen LogP contribution is 2.55. The van der Waals surface area contributed by atoms with Crippen molar-refractivity contribution in [3.63, 3.8) is 0 Å².